The molecule has 2 amide bonds. The van der Waals surface area contributed by atoms with Gasteiger partial charge < -0.3 is 36.1 Å². The second-order valence-corrected chi connectivity index (χ2v) is 21.4. The molecular weight excluding hydrogens is 944 g/mol. The van der Waals surface area contributed by atoms with Crippen LogP contribution in [0.1, 0.15) is 264 Å². The van der Waals surface area contributed by atoms with E-state index in [1.807, 2.05) is 0 Å². The maximum Gasteiger partial charge on any atom is 0.472 e. The summed E-state index contributed by atoms with van der Waals surface area (Å²) in [5.74, 6) is -1.22. The van der Waals surface area contributed by atoms with Crippen LogP contribution in [0.25, 0.3) is 0 Å². The first-order valence-corrected chi connectivity index (χ1v) is 31.3. The number of hydrogen-bond donors (Lipinski definition) is 5. The predicted octanol–water partition coefficient (Wildman–Crippen LogP) is 13.7. The van der Waals surface area contributed by atoms with Gasteiger partial charge in [-0.3, -0.25) is 28.2 Å². The summed E-state index contributed by atoms with van der Waals surface area (Å²) < 4.78 is 34.1. The van der Waals surface area contributed by atoms with E-state index in [0.717, 1.165) is 116 Å². The van der Waals surface area contributed by atoms with Gasteiger partial charge in [-0.25, -0.2) is 4.57 Å². The molecule has 0 saturated carbocycles. The van der Waals surface area contributed by atoms with Gasteiger partial charge in [0.2, 0.25) is 11.8 Å². The smallest absolute Gasteiger partial charge is 0.462 e. The second kappa shape index (κ2) is 55.6. The van der Waals surface area contributed by atoms with Gasteiger partial charge >= 0.3 is 19.8 Å². The number of hydrogen-bond acceptors (Lipinski definition) is 11. The van der Waals surface area contributed by atoms with Crippen molar-refractivity contribution in [2.45, 2.75) is 270 Å². The van der Waals surface area contributed by atoms with Gasteiger partial charge in [0.05, 0.1) is 13.2 Å². The van der Waals surface area contributed by atoms with E-state index in [9.17, 15) is 28.6 Å². The van der Waals surface area contributed by atoms with Crippen LogP contribution in [0, 0.1) is 0 Å². The van der Waals surface area contributed by atoms with E-state index in [2.05, 4.69) is 54.1 Å². The van der Waals surface area contributed by atoms with Crippen molar-refractivity contribution < 1.29 is 47.2 Å². The maximum absolute atomic E-state index is 12.9. The van der Waals surface area contributed by atoms with Crippen molar-refractivity contribution >= 4 is 31.6 Å². The molecule has 0 aliphatic rings. The van der Waals surface area contributed by atoms with Crippen molar-refractivity contribution in [1.29, 1.82) is 0 Å². The van der Waals surface area contributed by atoms with Gasteiger partial charge in [-0.2, -0.15) is 0 Å². The minimum absolute atomic E-state index is 0.0294. The Kier molecular flexibility index (Phi) is 53.6. The van der Waals surface area contributed by atoms with Gasteiger partial charge in [0, 0.05) is 38.8 Å². The highest BCUT2D eigenvalue weighted by Gasteiger charge is 2.26. The zero-order valence-corrected chi connectivity index (χ0v) is 47.7. The van der Waals surface area contributed by atoms with E-state index in [1.54, 1.807) is 0 Å². The van der Waals surface area contributed by atoms with E-state index < -0.39 is 32.5 Å². The number of nitrogens with one attached hydrogen (secondary N) is 3. The third kappa shape index (κ3) is 55.4. The molecule has 0 heterocycles. The number of unbranched alkanes of at least 4 members (excludes halogenated alkanes) is 28. The number of phosphoric ester groups is 1. The number of carbonyl (C=O) groups is 4. The third-order valence-electron chi connectivity index (χ3n) is 12.8. The molecule has 0 radical (unpaired) electrons. The highest BCUT2D eigenvalue weighted by Crippen LogP contribution is 2.43. The summed E-state index contributed by atoms with van der Waals surface area (Å²) in [5.41, 5.74) is 5.53. The SMILES string of the molecule is CCCCCCCC/C=C\CCCCCCCC(=O)OCC(COP(=O)(O)OCCNC(=O)CCCCC(=O)NCCCNCCCCCCCCN)OC(=O)CCCCCCC/C=C\CCCCCCCC. The Bertz CT molecular complexity index is 1390. The monoisotopic (exact) mass is 1050 g/mol. The fourth-order valence-corrected chi connectivity index (χ4v) is 9.03. The zero-order chi connectivity index (χ0) is 53.4. The number of ether oxygens (including phenoxy) is 2. The molecule has 0 bridgehead atoms. The average Bonchev–Trinajstić information content (AvgIpc) is 3.37. The first kappa shape index (κ1) is 70.4. The van der Waals surface area contributed by atoms with E-state index in [-0.39, 0.29) is 50.8 Å². The molecule has 73 heavy (non-hydrogen) atoms. The standard InChI is InChI=1S/C58H111N4O10P/c1-3-5-7-9-11-13-15-17-19-21-23-25-27-31-35-44-57(65)69-52-54(72-58(66)45-36-32-28-26-24-22-20-18-16-14-12-10-8-6-4-2)53-71-73(67,68)70-51-50-62-56(64)43-38-37-42-55(63)61-49-41-48-60-47-40-34-30-29-33-39-46-59/h17-20,54,60H,3-16,21-53,59H2,1-2H3,(H,61,63)(H,62,64)(H,67,68)/b19-17-,20-18-. The number of nitrogens with two attached hydrogens (primary N) is 1. The molecule has 0 aromatic heterocycles. The molecule has 2 unspecified atom stereocenters. The van der Waals surface area contributed by atoms with Crippen molar-refractivity contribution in [3.05, 3.63) is 24.3 Å². The first-order valence-electron chi connectivity index (χ1n) is 29.8. The van der Waals surface area contributed by atoms with Gasteiger partial charge in [0.25, 0.3) is 0 Å². The van der Waals surface area contributed by atoms with Crippen molar-refractivity contribution in [3.63, 3.8) is 0 Å². The molecule has 6 N–H and O–H groups in total. The molecule has 0 aromatic rings. The van der Waals surface area contributed by atoms with E-state index in [0.29, 0.717) is 38.6 Å². The molecule has 0 spiro atoms. The zero-order valence-electron chi connectivity index (χ0n) is 46.8. The average molecular weight is 1060 g/mol. The van der Waals surface area contributed by atoms with Crippen LogP contribution in [0.4, 0.5) is 0 Å². The fraction of sp³-hybridized carbons (Fsp3) is 0.862. The topological polar surface area (TPSA) is 205 Å². The lowest BCUT2D eigenvalue weighted by molar-refractivity contribution is -0.161. The molecule has 0 aliphatic carbocycles. The lowest BCUT2D eigenvalue weighted by atomic mass is 10.1. The quantitative estimate of drug-likeness (QED) is 0.0167. The minimum atomic E-state index is -4.60. The highest BCUT2D eigenvalue weighted by molar-refractivity contribution is 7.47. The fourth-order valence-electron chi connectivity index (χ4n) is 8.28. The summed E-state index contributed by atoms with van der Waals surface area (Å²) in [6.45, 7) is 6.57. The minimum Gasteiger partial charge on any atom is -0.462 e. The Hall–Kier alpha value is -2.61. The van der Waals surface area contributed by atoms with Crippen molar-refractivity contribution in [2.75, 3.05) is 52.5 Å². The highest BCUT2D eigenvalue weighted by atomic mass is 31.2. The van der Waals surface area contributed by atoms with Crippen LogP contribution < -0.4 is 21.7 Å². The third-order valence-corrected chi connectivity index (χ3v) is 13.8. The van der Waals surface area contributed by atoms with Crippen molar-refractivity contribution in [3.8, 4) is 0 Å². The Morgan fingerprint density at radius 3 is 1.38 bits per heavy atom. The van der Waals surface area contributed by atoms with Crippen molar-refractivity contribution in [1.82, 2.24) is 16.0 Å². The van der Waals surface area contributed by atoms with Crippen LogP contribution in [0.3, 0.4) is 0 Å². The van der Waals surface area contributed by atoms with Gasteiger partial charge in [-0.1, -0.05) is 167 Å². The van der Waals surface area contributed by atoms with Crippen LogP contribution in [-0.4, -0.2) is 87.3 Å². The largest absolute Gasteiger partial charge is 0.472 e. The second-order valence-electron chi connectivity index (χ2n) is 20.0. The molecular formula is C58H111N4O10P. The molecule has 0 fully saturated rings. The Balaban J connectivity index is 4.54. The van der Waals surface area contributed by atoms with Gasteiger partial charge in [-0.15, -0.1) is 0 Å². The molecule has 14 nitrogen and oxygen atoms in total. The van der Waals surface area contributed by atoms with Gasteiger partial charge in [0.15, 0.2) is 6.10 Å². The molecule has 0 saturated heterocycles. The lowest BCUT2D eigenvalue weighted by Crippen LogP contribution is -2.30. The molecule has 428 valence electrons. The lowest BCUT2D eigenvalue weighted by Gasteiger charge is -2.20. The van der Waals surface area contributed by atoms with Crippen LogP contribution in [0.5, 0.6) is 0 Å². The predicted molar refractivity (Wildman–Crippen MR) is 300 cm³/mol. The van der Waals surface area contributed by atoms with Gasteiger partial charge in [-0.05, 0) is 116 Å². The summed E-state index contributed by atoms with van der Waals surface area (Å²) in [6, 6.07) is 0. The number of allylic oxidation sites excluding steroid dienone is 4. The summed E-state index contributed by atoms with van der Waals surface area (Å²) >= 11 is 0. The Labute approximate surface area is 446 Å². The number of rotatable bonds is 57. The Morgan fingerprint density at radius 1 is 0.466 bits per heavy atom. The summed E-state index contributed by atoms with van der Waals surface area (Å²) in [5, 5.41) is 9.00. The van der Waals surface area contributed by atoms with Gasteiger partial charge in [0.1, 0.15) is 6.61 Å². The van der Waals surface area contributed by atoms with Crippen LogP contribution in [0.2, 0.25) is 0 Å². The molecule has 0 aliphatic heterocycles. The number of amides is 2. The molecule has 0 aromatic carbocycles. The maximum atomic E-state index is 12.9. The van der Waals surface area contributed by atoms with Crippen LogP contribution >= 0.6 is 7.82 Å². The summed E-state index contributed by atoms with van der Waals surface area (Å²) in [6.07, 6.45) is 48.1. The molecule has 2 atom stereocenters. The van der Waals surface area contributed by atoms with E-state index in [1.165, 1.54) is 103 Å². The Morgan fingerprint density at radius 2 is 0.877 bits per heavy atom. The summed E-state index contributed by atoms with van der Waals surface area (Å²) in [4.78, 5) is 60.4. The number of esters is 2. The van der Waals surface area contributed by atoms with E-state index >= 15 is 0 Å². The first-order chi connectivity index (χ1) is 35.6. The van der Waals surface area contributed by atoms with Crippen LogP contribution in [0.15, 0.2) is 24.3 Å². The van der Waals surface area contributed by atoms with E-state index in [4.69, 9.17) is 24.3 Å². The normalized spacial score (nSPS) is 12.9. The molecule has 15 heteroatoms. The number of phosphoric acid groups is 1. The number of carbonyl (C=O) groups excluding carboxylic acids is 4. The van der Waals surface area contributed by atoms with Crippen LogP contribution in [-0.2, 0) is 42.3 Å². The summed E-state index contributed by atoms with van der Waals surface area (Å²) in [7, 11) is -4.60. The van der Waals surface area contributed by atoms with Crippen molar-refractivity contribution in [2.24, 2.45) is 5.73 Å². The molecule has 0 rings (SSSR count).